The second-order valence-corrected chi connectivity index (χ2v) is 7.19. The number of esters is 1. The molecule has 2 aliphatic heterocycles. The van der Waals surface area contributed by atoms with Crippen LogP contribution in [0.15, 0.2) is 24.3 Å². The summed E-state index contributed by atoms with van der Waals surface area (Å²) in [4.78, 5) is 25.4. The van der Waals surface area contributed by atoms with Gasteiger partial charge in [0, 0.05) is 6.92 Å². The first kappa shape index (κ1) is 19.1. The van der Waals surface area contributed by atoms with Crippen LogP contribution >= 0.6 is 0 Å². The van der Waals surface area contributed by atoms with E-state index >= 15 is 0 Å². The number of fused-ring (bicyclic) bond motifs is 6. The van der Waals surface area contributed by atoms with Crippen LogP contribution in [0, 0.1) is 0 Å². The van der Waals surface area contributed by atoms with Crippen molar-refractivity contribution in [3.05, 3.63) is 46.5 Å². The van der Waals surface area contributed by atoms with E-state index in [2.05, 4.69) is 0 Å². The van der Waals surface area contributed by atoms with Gasteiger partial charge in [-0.3, -0.25) is 9.59 Å². The number of rotatable bonds is 5. The van der Waals surface area contributed by atoms with Crippen molar-refractivity contribution in [3.8, 4) is 23.0 Å². The summed E-state index contributed by atoms with van der Waals surface area (Å²) in [6.07, 6.45) is 2.15. The standard InChI is InChI=1S/C22H23NO6/c1-12(25)29-22-10-16-14(8-20(22)27-3)6-17-15-9-21(28-4)19(26-2)7-13(15)5-18(16)23(17)11-24/h7-11,17-18H,5-6H2,1-4H3/t17-,18-/m0/s1. The van der Waals surface area contributed by atoms with Crippen LogP contribution in [-0.4, -0.2) is 38.6 Å². The van der Waals surface area contributed by atoms with Crippen molar-refractivity contribution in [2.45, 2.75) is 31.8 Å². The van der Waals surface area contributed by atoms with Crippen molar-refractivity contribution in [3.63, 3.8) is 0 Å². The minimum absolute atomic E-state index is 0.113. The maximum Gasteiger partial charge on any atom is 0.308 e. The fourth-order valence-corrected chi connectivity index (χ4v) is 4.46. The molecule has 0 saturated carbocycles. The van der Waals surface area contributed by atoms with Gasteiger partial charge in [-0.1, -0.05) is 0 Å². The molecule has 0 unspecified atom stereocenters. The highest BCUT2D eigenvalue weighted by Crippen LogP contribution is 2.50. The average molecular weight is 397 g/mol. The molecule has 2 aromatic carbocycles. The molecule has 0 saturated heterocycles. The van der Waals surface area contributed by atoms with Gasteiger partial charge >= 0.3 is 5.97 Å². The van der Waals surface area contributed by atoms with Crippen LogP contribution in [0.3, 0.4) is 0 Å². The van der Waals surface area contributed by atoms with Gasteiger partial charge in [0.2, 0.25) is 6.41 Å². The largest absolute Gasteiger partial charge is 0.493 e. The number of benzene rings is 2. The Hall–Kier alpha value is -3.22. The summed E-state index contributed by atoms with van der Waals surface area (Å²) < 4.78 is 21.7. The molecule has 2 aromatic rings. The van der Waals surface area contributed by atoms with Gasteiger partial charge in [0.1, 0.15) is 0 Å². The topological polar surface area (TPSA) is 74.3 Å². The van der Waals surface area contributed by atoms with E-state index in [0.717, 1.165) is 28.7 Å². The quantitative estimate of drug-likeness (QED) is 0.439. The second-order valence-electron chi connectivity index (χ2n) is 7.19. The van der Waals surface area contributed by atoms with Crippen LogP contribution in [0.5, 0.6) is 23.0 Å². The minimum atomic E-state index is -0.421. The van der Waals surface area contributed by atoms with Crippen molar-refractivity contribution >= 4 is 12.4 Å². The molecule has 7 nitrogen and oxygen atoms in total. The van der Waals surface area contributed by atoms with Crippen LogP contribution in [0.2, 0.25) is 0 Å². The molecular formula is C22H23NO6. The Kier molecular flexibility index (Phi) is 4.82. The van der Waals surface area contributed by atoms with Gasteiger partial charge < -0.3 is 23.8 Å². The van der Waals surface area contributed by atoms with Crippen molar-refractivity contribution < 1.29 is 28.5 Å². The first-order valence-electron chi connectivity index (χ1n) is 9.37. The lowest BCUT2D eigenvalue weighted by Gasteiger charge is -2.46. The normalized spacial score (nSPS) is 19.0. The zero-order valence-electron chi connectivity index (χ0n) is 16.9. The van der Waals surface area contributed by atoms with E-state index in [9.17, 15) is 9.59 Å². The maximum atomic E-state index is 12.0. The molecular weight excluding hydrogens is 374 g/mol. The fraction of sp³-hybridized carbons (Fsp3) is 0.364. The third-order valence-electron chi connectivity index (χ3n) is 5.71. The van der Waals surface area contributed by atoms with Gasteiger partial charge in [-0.05, 0) is 59.4 Å². The van der Waals surface area contributed by atoms with E-state index in [1.165, 1.54) is 6.92 Å². The Morgan fingerprint density at radius 3 is 1.76 bits per heavy atom. The summed E-state index contributed by atoms with van der Waals surface area (Å²) in [5, 5.41) is 0. The van der Waals surface area contributed by atoms with E-state index in [-0.39, 0.29) is 12.1 Å². The number of nitrogens with zero attached hydrogens (tertiary/aromatic N) is 1. The van der Waals surface area contributed by atoms with E-state index in [1.54, 1.807) is 21.3 Å². The Balaban J connectivity index is 1.85. The van der Waals surface area contributed by atoms with Gasteiger partial charge in [0.05, 0.1) is 33.4 Å². The molecule has 2 bridgehead atoms. The number of carbonyl (C=O) groups is 2. The molecule has 7 heteroatoms. The van der Waals surface area contributed by atoms with E-state index in [4.69, 9.17) is 18.9 Å². The van der Waals surface area contributed by atoms with Crippen LogP contribution in [-0.2, 0) is 22.4 Å². The SMILES string of the molecule is COc1cc2c(cc1OC)[C@@H]1Cc3cc(OC)c(OC(C)=O)cc3[C@H](C2)N1C=O. The van der Waals surface area contributed by atoms with Gasteiger partial charge in [-0.25, -0.2) is 0 Å². The molecule has 2 aliphatic rings. The summed E-state index contributed by atoms with van der Waals surface area (Å²) >= 11 is 0. The fourth-order valence-electron chi connectivity index (χ4n) is 4.46. The van der Waals surface area contributed by atoms with E-state index in [0.29, 0.717) is 35.8 Å². The Labute approximate surface area is 169 Å². The van der Waals surface area contributed by atoms with Crippen LogP contribution in [0.1, 0.15) is 41.3 Å². The average Bonchev–Trinajstić information content (AvgIpc) is 2.72. The van der Waals surface area contributed by atoms with E-state index < -0.39 is 5.97 Å². The molecule has 0 aromatic heterocycles. The summed E-state index contributed by atoms with van der Waals surface area (Å²) in [5.41, 5.74) is 4.21. The van der Waals surface area contributed by atoms with Crippen LogP contribution in [0.25, 0.3) is 0 Å². The smallest absolute Gasteiger partial charge is 0.308 e. The Morgan fingerprint density at radius 1 is 0.862 bits per heavy atom. The number of hydrogen-bond acceptors (Lipinski definition) is 6. The van der Waals surface area contributed by atoms with Crippen LogP contribution < -0.4 is 18.9 Å². The number of amides is 1. The molecule has 0 spiro atoms. The lowest BCUT2D eigenvalue weighted by atomic mass is 9.76. The first-order chi connectivity index (χ1) is 14.0. The lowest BCUT2D eigenvalue weighted by Crippen LogP contribution is -2.42. The third kappa shape index (κ3) is 3.06. The molecule has 2 atom stereocenters. The molecule has 1 amide bonds. The predicted molar refractivity (Wildman–Crippen MR) is 105 cm³/mol. The summed E-state index contributed by atoms with van der Waals surface area (Å²) in [6, 6.07) is 7.39. The van der Waals surface area contributed by atoms with Crippen molar-refractivity contribution in [1.29, 1.82) is 0 Å². The number of hydrogen-bond donors (Lipinski definition) is 0. The molecule has 29 heavy (non-hydrogen) atoms. The van der Waals surface area contributed by atoms with Gasteiger partial charge in [-0.15, -0.1) is 0 Å². The molecule has 0 radical (unpaired) electrons. The highest BCUT2D eigenvalue weighted by Gasteiger charge is 2.41. The molecule has 0 N–H and O–H groups in total. The Bertz CT molecular complexity index is 986. The zero-order chi connectivity index (χ0) is 20.7. The summed E-state index contributed by atoms with van der Waals surface area (Å²) in [6.45, 7) is 1.35. The zero-order valence-corrected chi connectivity index (χ0v) is 16.9. The highest BCUT2D eigenvalue weighted by molar-refractivity contribution is 5.71. The molecule has 152 valence electrons. The van der Waals surface area contributed by atoms with E-state index in [1.807, 2.05) is 29.2 Å². The van der Waals surface area contributed by atoms with Crippen molar-refractivity contribution in [2.24, 2.45) is 0 Å². The lowest BCUT2D eigenvalue weighted by molar-refractivity contribution is -0.132. The van der Waals surface area contributed by atoms with Gasteiger partial charge in [0.15, 0.2) is 23.0 Å². The highest BCUT2D eigenvalue weighted by atomic mass is 16.6. The number of methoxy groups -OCH3 is 3. The summed E-state index contributed by atoms with van der Waals surface area (Å²) in [5.74, 6) is 1.75. The second kappa shape index (κ2) is 7.31. The molecule has 4 rings (SSSR count). The van der Waals surface area contributed by atoms with Gasteiger partial charge in [-0.2, -0.15) is 0 Å². The molecule has 0 aliphatic carbocycles. The van der Waals surface area contributed by atoms with Crippen molar-refractivity contribution in [1.82, 2.24) is 4.90 Å². The molecule has 0 fully saturated rings. The van der Waals surface area contributed by atoms with Crippen LogP contribution in [0.4, 0.5) is 0 Å². The monoisotopic (exact) mass is 397 g/mol. The van der Waals surface area contributed by atoms with Gasteiger partial charge in [0.25, 0.3) is 0 Å². The number of carbonyl (C=O) groups excluding carboxylic acids is 2. The number of ether oxygens (including phenoxy) is 4. The summed E-state index contributed by atoms with van der Waals surface area (Å²) in [7, 11) is 4.76. The van der Waals surface area contributed by atoms with Crippen molar-refractivity contribution in [2.75, 3.05) is 21.3 Å². The minimum Gasteiger partial charge on any atom is -0.493 e. The predicted octanol–water partition coefficient (Wildman–Crippen LogP) is 2.99. The third-order valence-corrected chi connectivity index (χ3v) is 5.71. The Morgan fingerprint density at radius 2 is 1.31 bits per heavy atom. The first-order valence-corrected chi connectivity index (χ1v) is 9.37. The maximum absolute atomic E-state index is 12.0. The molecule has 2 heterocycles.